The summed E-state index contributed by atoms with van der Waals surface area (Å²) in [4.78, 5) is 2.21. The quantitative estimate of drug-likeness (QED) is 0.612. The van der Waals surface area contributed by atoms with Gasteiger partial charge in [-0.3, -0.25) is 4.90 Å². The van der Waals surface area contributed by atoms with Crippen molar-refractivity contribution in [2.45, 2.75) is 25.4 Å². The average molecular weight is 439 g/mol. The summed E-state index contributed by atoms with van der Waals surface area (Å²) in [6.45, 7) is 3.95. The molecule has 3 N–H and O–H groups in total. The molecule has 3 heterocycles. The molecule has 0 spiro atoms. The highest BCUT2D eigenvalue weighted by atomic mass is 32.2. The molecule has 2 aliphatic heterocycles. The topological polar surface area (TPSA) is 80.4 Å². The predicted octanol–water partition coefficient (Wildman–Crippen LogP) is 3.05. The molecule has 0 saturated carbocycles. The lowest BCUT2D eigenvalue weighted by Gasteiger charge is -2.28. The summed E-state index contributed by atoms with van der Waals surface area (Å²) in [5, 5.41) is 4.63. The van der Waals surface area contributed by atoms with Crippen LogP contribution >= 0.6 is 0 Å². The first-order valence-corrected chi connectivity index (χ1v) is 12.9. The van der Waals surface area contributed by atoms with Crippen molar-refractivity contribution in [3.63, 3.8) is 0 Å². The van der Waals surface area contributed by atoms with Crippen molar-refractivity contribution >= 4 is 26.4 Å². The number of nitrogen functional groups attached to an aromatic ring is 1. The van der Waals surface area contributed by atoms with Crippen LogP contribution in [0.5, 0.6) is 0 Å². The van der Waals surface area contributed by atoms with Crippen molar-refractivity contribution in [1.29, 1.82) is 0 Å². The minimum absolute atomic E-state index is 0.245. The van der Waals surface area contributed by atoms with E-state index in [4.69, 9.17) is 5.73 Å². The van der Waals surface area contributed by atoms with Crippen molar-refractivity contribution in [2.24, 2.45) is 0 Å². The van der Waals surface area contributed by atoms with E-state index in [1.165, 1.54) is 11.3 Å². The molecule has 1 aromatic heterocycles. The third kappa shape index (κ3) is 4.22. The fraction of sp³-hybridized carbons (Fsp3) is 0.417. The summed E-state index contributed by atoms with van der Waals surface area (Å²) in [5.41, 5.74) is 12.1. The van der Waals surface area contributed by atoms with Crippen LogP contribution in [0, 0.1) is 0 Å². The Morgan fingerprint density at radius 3 is 2.42 bits per heavy atom. The fourth-order valence-electron chi connectivity index (χ4n) is 5.00. The zero-order valence-electron chi connectivity index (χ0n) is 17.8. The lowest BCUT2D eigenvalue weighted by Crippen LogP contribution is -2.39. The first-order chi connectivity index (χ1) is 15.0. The van der Waals surface area contributed by atoms with Gasteiger partial charge in [-0.25, -0.2) is 8.42 Å². The Hall–Kier alpha value is -2.35. The van der Waals surface area contributed by atoms with E-state index in [1.807, 2.05) is 6.07 Å². The summed E-state index contributed by atoms with van der Waals surface area (Å²) < 4.78 is 26.0. The Morgan fingerprint density at radius 2 is 1.71 bits per heavy atom. The Morgan fingerprint density at radius 1 is 1.00 bits per heavy atom. The van der Waals surface area contributed by atoms with Crippen molar-refractivity contribution in [1.82, 2.24) is 14.8 Å². The molecule has 2 aliphatic rings. The Kier molecular flexibility index (Phi) is 5.50. The van der Waals surface area contributed by atoms with Crippen molar-refractivity contribution in [3.8, 4) is 11.3 Å². The van der Waals surface area contributed by atoms with Gasteiger partial charge in [0.1, 0.15) is 0 Å². The van der Waals surface area contributed by atoms with Gasteiger partial charge in [0.2, 0.25) is 0 Å². The lowest BCUT2D eigenvalue weighted by atomic mass is 10.0. The molecule has 2 saturated heterocycles. The van der Waals surface area contributed by atoms with Crippen LogP contribution in [0.1, 0.15) is 24.4 Å². The van der Waals surface area contributed by atoms with E-state index in [2.05, 4.69) is 57.2 Å². The summed E-state index contributed by atoms with van der Waals surface area (Å²) >= 11 is 0. The van der Waals surface area contributed by atoms with Crippen LogP contribution in [0.15, 0.2) is 48.5 Å². The number of fused-ring (bicyclic) bond motifs is 1. The van der Waals surface area contributed by atoms with Gasteiger partial charge in [0.15, 0.2) is 9.84 Å². The molecule has 2 aromatic carbocycles. The van der Waals surface area contributed by atoms with Gasteiger partial charge < -0.3 is 15.6 Å². The maximum absolute atomic E-state index is 11.7. The van der Waals surface area contributed by atoms with Gasteiger partial charge >= 0.3 is 0 Å². The molecule has 0 radical (unpaired) electrons. The van der Waals surface area contributed by atoms with Crippen LogP contribution in [0.25, 0.3) is 22.2 Å². The third-order valence-corrected chi connectivity index (χ3v) is 8.22. The Bertz CT molecular complexity index is 1170. The second-order valence-corrected chi connectivity index (χ2v) is 11.1. The number of nitrogens with zero attached hydrogens (tertiary/aromatic N) is 2. The van der Waals surface area contributed by atoms with Crippen LogP contribution < -0.4 is 11.1 Å². The number of aromatic nitrogens is 1. The van der Waals surface area contributed by atoms with E-state index in [0.717, 1.165) is 54.6 Å². The minimum Gasteiger partial charge on any atom is -0.397 e. The molecule has 164 valence electrons. The molecule has 0 unspecified atom stereocenters. The highest BCUT2D eigenvalue weighted by molar-refractivity contribution is 7.91. The Balaban J connectivity index is 1.54. The van der Waals surface area contributed by atoms with Gasteiger partial charge in [-0.2, -0.15) is 0 Å². The second-order valence-electron chi connectivity index (χ2n) is 8.80. The van der Waals surface area contributed by atoms with Crippen molar-refractivity contribution < 1.29 is 8.42 Å². The van der Waals surface area contributed by atoms with Gasteiger partial charge in [-0.1, -0.05) is 30.3 Å². The number of nitrogens with one attached hydrogen (secondary N) is 1. The van der Waals surface area contributed by atoms with Gasteiger partial charge in [-0.05, 0) is 55.3 Å². The fourth-order valence-corrected chi connectivity index (χ4v) is 6.28. The van der Waals surface area contributed by atoms with Gasteiger partial charge in [0.05, 0.1) is 22.7 Å². The number of piperidine rings is 1. The molecule has 5 rings (SSSR count). The van der Waals surface area contributed by atoms with E-state index in [0.29, 0.717) is 19.1 Å². The van der Waals surface area contributed by atoms with Gasteiger partial charge in [0.25, 0.3) is 0 Å². The molecule has 3 aromatic rings. The molecule has 0 atom stereocenters. The van der Waals surface area contributed by atoms with Crippen LogP contribution in [-0.4, -0.2) is 55.6 Å². The van der Waals surface area contributed by atoms with Crippen molar-refractivity contribution in [3.05, 3.63) is 54.1 Å². The summed E-state index contributed by atoms with van der Waals surface area (Å²) in [6, 6.07) is 17.6. The van der Waals surface area contributed by atoms with E-state index in [-0.39, 0.29) is 11.5 Å². The number of nitrogens with two attached hydrogens (primary N) is 1. The van der Waals surface area contributed by atoms with E-state index >= 15 is 0 Å². The molecule has 31 heavy (non-hydrogen) atoms. The largest absolute Gasteiger partial charge is 0.397 e. The lowest BCUT2D eigenvalue weighted by molar-refractivity contribution is 0.288. The zero-order chi connectivity index (χ0) is 21.4. The van der Waals surface area contributed by atoms with Crippen LogP contribution in [-0.2, 0) is 16.4 Å². The number of benzene rings is 2. The molecule has 7 heteroatoms. The molecule has 6 nitrogen and oxygen atoms in total. The normalized spacial score (nSPS) is 20.3. The Labute approximate surface area is 184 Å². The van der Waals surface area contributed by atoms with Crippen LogP contribution in [0.3, 0.4) is 0 Å². The number of anilines is 1. The number of rotatable bonds is 4. The van der Waals surface area contributed by atoms with Gasteiger partial charge in [-0.15, -0.1) is 0 Å². The van der Waals surface area contributed by atoms with E-state index < -0.39 is 9.84 Å². The first-order valence-electron chi connectivity index (χ1n) is 11.1. The number of hydrogen-bond donors (Lipinski definition) is 2. The molecule has 0 aliphatic carbocycles. The summed E-state index contributed by atoms with van der Waals surface area (Å²) in [6.07, 6.45) is 2.18. The molecular weight excluding hydrogens is 408 g/mol. The maximum atomic E-state index is 11.7. The van der Waals surface area contributed by atoms with E-state index in [9.17, 15) is 8.42 Å². The van der Waals surface area contributed by atoms with E-state index in [1.54, 1.807) is 0 Å². The van der Waals surface area contributed by atoms with Crippen molar-refractivity contribution in [2.75, 3.05) is 43.4 Å². The van der Waals surface area contributed by atoms with Crippen LogP contribution in [0.2, 0.25) is 0 Å². The molecule has 0 amide bonds. The molecule has 2 fully saturated rings. The SMILES string of the molecule is Nc1cc(CN2CCS(=O)(=O)CC2)cc2cc(-c3ccccc3)n(C3CCNCC3)c12. The number of hydrogen-bond acceptors (Lipinski definition) is 5. The highest BCUT2D eigenvalue weighted by Crippen LogP contribution is 2.37. The van der Waals surface area contributed by atoms with Gasteiger partial charge in [0, 0.05) is 36.8 Å². The number of sulfone groups is 1. The highest BCUT2D eigenvalue weighted by Gasteiger charge is 2.24. The van der Waals surface area contributed by atoms with Crippen LogP contribution in [0.4, 0.5) is 5.69 Å². The summed E-state index contributed by atoms with van der Waals surface area (Å²) in [7, 11) is -2.87. The minimum atomic E-state index is -2.87. The average Bonchev–Trinajstić information content (AvgIpc) is 3.17. The first kappa shape index (κ1) is 20.5. The zero-order valence-corrected chi connectivity index (χ0v) is 18.6. The smallest absolute Gasteiger partial charge is 0.152 e. The maximum Gasteiger partial charge on any atom is 0.152 e. The predicted molar refractivity (Wildman–Crippen MR) is 127 cm³/mol. The summed E-state index contributed by atoms with van der Waals surface area (Å²) in [5.74, 6) is 0.490. The molecule has 0 bridgehead atoms. The second kappa shape index (κ2) is 8.30. The standard InChI is InChI=1S/C24H30N4O2S/c25-22-15-18(17-27-10-12-31(29,30)13-11-27)14-20-16-23(19-4-2-1-3-5-19)28(24(20)22)21-6-8-26-9-7-21/h1-5,14-16,21,26H,6-13,17,25H2. The monoisotopic (exact) mass is 438 g/mol. The third-order valence-electron chi connectivity index (χ3n) is 6.61. The molecular formula is C24H30N4O2S.